The molecule has 1 aliphatic heterocycles. The van der Waals surface area contributed by atoms with E-state index in [1.807, 2.05) is 0 Å². The van der Waals surface area contributed by atoms with Gasteiger partial charge in [-0.05, 0) is 12.1 Å². The second-order valence-corrected chi connectivity index (χ2v) is 5.93. The summed E-state index contributed by atoms with van der Waals surface area (Å²) in [5.74, 6) is 0.230. The van der Waals surface area contributed by atoms with Gasteiger partial charge in [0.2, 0.25) is 5.09 Å². The summed E-state index contributed by atoms with van der Waals surface area (Å²) in [7, 11) is -3.64. The molecule has 8 heteroatoms. The minimum atomic E-state index is -3.64. The van der Waals surface area contributed by atoms with Crippen LogP contribution in [0.4, 0.5) is 0 Å². The highest BCUT2D eigenvalue weighted by atomic mass is 32.2. The van der Waals surface area contributed by atoms with Crippen LogP contribution in [0.25, 0.3) is 0 Å². The number of hydrogen-bond acceptors (Lipinski definition) is 6. The molecular formula is C11H18N2O5S. The van der Waals surface area contributed by atoms with Crippen molar-refractivity contribution in [3.8, 4) is 0 Å². The quantitative estimate of drug-likeness (QED) is 0.725. The molecule has 1 aromatic heterocycles. The molecule has 7 nitrogen and oxygen atoms in total. The van der Waals surface area contributed by atoms with Gasteiger partial charge in [0, 0.05) is 26.2 Å². The third-order valence-electron chi connectivity index (χ3n) is 2.88. The van der Waals surface area contributed by atoms with Crippen LogP contribution in [0.3, 0.4) is 0 Å². The summed E-state index contributed by atoms with van der Waals surface area (Å²) >= 11 is 0. The lowest BCUT2D eigenvalue weighted by Crippen LogP contribution is -2.41. The molecule has 0 atom stereocenters. The van der Waals surface area contributed by atoms with Crippen LogP contribution in [0.15, 0.2) is 21.6 Å². The summed E-state index contributed by atoms with van der Waals surface area (Å²) in [6, 6.07) is 2.78. The first-order chi connectivity index (χ1) is 9.12. The van der Waals surface area contributed by atoms with E-state index in [1.54, 1.807) is 0 Å². The van der Waals surface area contributed by atoms with Crippen molar-refractivity contribution in [1.29, 1.82) is 0 Å². The molecule has 2 N–H and O–H groups in total. The van der Waals surface area contributed by atoms with Gasteiger partial charge in [-0.25, -0.2) is 13.1 Å². The van der Waals surface area contributed by atoms with Crippen LogP contribution < -0.4 is 4.72 Å². The Bertz CT molecular complexity index is 493. The lowest BCUT2D eigenvalue weighted by Gasteiger charge is -2.26. The van der Waals surface area contributed by atoms with Gasteiger partial charge in [-0.3, -0.25) is 4.90 Å². The number of sulfonamides is 1. The van der Waals surface area contributed by atoms with Crippen molar-refractivity contribution >= 4 is 10.0 Å². The number of rotatable bonds is 6. The molecule has 1 aromatic rings. The standard InChI is InChI=1S/C11H18N2O5S/c14-9-10-1-2-11(18-10)19(15,16)12-3-4-13-5-7-17-8-6-13/h1-2,12,14H,3-9H2. The van der Waals surface area contributed by atoms with Gasteiger partial charge < -0.3 is 14.3 Å². The molecule has 0 bridgehead atoms. The third-order valence-corrected chi connectivity index (χ3v) is 4.21. The molecule has 1 fully saturated rings. The van der Waals surface area contributed by atoms with E-state index in [2.05, 4.69) is 9.62 Å². The SMILES string of the molecule is O=S(=O)(NCCN1CCOCC1)c1ccc(CO)o1. The Hall–Kier alpha value is -0.930. The van der Waals surface area contributed by atoms with E-state index in [0.717, 1.165) is 13.1 Å². The van der Waals surface area contributed by atoms with E-state index in [1.165, 1.54) is 12.1 Å². The average molecular weight is 290 g/mol. The van der Waals surface area contributed by atoms with Gasteiger partial charge in [0.25, 0.3) is 10.0 Å². The molecule has 0 spiro atoms. The zero-order valence-electron chi connectivity index (χ0n) is 10.5. The molecule has 1 aliphatic rings. The molecule has 0 amide bonds. The van der Waals surface area contributed by atoms with E-state index < -0.39 is 10.0 Å². The van der Waals surface area contributed by atoms with Gasteiger partial charge in [0.1, 0.15) is 12.4 Å². The van der Waals surface area contributed by atoms with Gasteiger partial charge >= 0.3 is 0 Å². The summed E-state index contributed by atoms with van der Waals surface area (Å²) < 4.78 is 36.4. The molecule has 2 rings (SSSR count). The van der Waals surface area contributed by atoms with Crippen LogP contribution >= 0.6 is 0 Å². The predicted molar refractivity (Wildman–Crippen MR) is 67.1 cm³/mol. The number of nitrogens with one attached hydrogen (secondary N) is 1. The normalized spacial score (nSPS) is 17.7. The van der Waals surface area contributed by atoms with Crippen molar-refractivity contribution in [2.75, 3.05) is 39.4 Å². The molecule has 0 aromatic carbocycles. The average Bonchev–Trinajstić information content (AvgIpc) is 2.89. The second-order valence-electron chi connectivity index (χ2n) is 4.23. The zero-order valence-corrected chi connectivity index (χ0v) is 11.4. The van der Waals surface area contributed by atoms with Crippen molar-refractivity contribution < 1.29 is 22.7 Å². The minimum Gasteiger partial charge on any atom is -0.446 e. The fourth-order valence-corrected chi connectivity index (χ4v) is 2.79. The number of ether oxygens (including phenoxy) is 1. The number of hydrogen-bond donors (Lipinski definition) is 2. The van der Waals surface area contributed by atoms with Gasteiger partial charge in [-0.1, -0.05) is 0 Å². The van der Waals surface area contributed by atoms with Crippen molar-refractivity contribution in [1.82, 2.24) is 9.62 Å². The molecule has 1 saturated heterocycles. The van der Waals surface area contributed by atoms with Crippen molar-refractivity contribution in [3.63, 3.8) is 0 Å². The zero-order chi connectivity index (χ0) is 13.7. The van der Waals surface area contributed by atoms with Gasteiger partial charge in [-0.15, -0.1) is 0 Å². The Morgan fingerprint density at radius 2 is 2.05 bits per heavy atom. The number of aliphatic hydroxyl groups excluding tert-OH is 1. The van der Waals surface area contributed by atoms with Crippen molar-refractivity contribution in [2.45, 2.75) is 11.7 Å². The summed E-state index contributed by atoms with van der Waals surface area (Å²) in [4.78, 5) is 2.13. The van der Waals surface area contributed by atoms with E-state index >= 15 is 0 Å². The molecule has 19 heavy (non-hydrogen) atoms. The smallest absolute Gasteiger partial charge is 0.274 e. The molecule has 0 radical (unpaired) electrons. The topological polar surface area (TPSA) is 92.0 Å². The lowest BCUT2D eigenvalue weighted by atomic mass is 10.4. The first-order valence-electron chi connectivity index (χ1n) is 6.11. The van der Waals surface area contributed by atoms with Crippen LogP contribution in [-0.4, -0.2) is 57.8 Å². The van der Waals surface area contributed by atoms with E-state index in [4.69, 9.17) is 14.3 Å². The highest BCUT2D eigenvalue weighted by Gasteiger charge is 2.19. The van der Waals surface area contributed by atoms with Crippen LogP contribution in [0, 0.1) is 0 Å². The highest BCUT2D eigenvalue weighted by molar-refractivity contribution is 7.89. The second kappa shape index (κ2) is 6.49. The molecule has 108 valence electrons. The van der Waals surface area contributed by atoms with E-state index in [-0.39, 0.29) is 17.5 Å². The molecule has 2 heterocycles. The molecule has 0 aliphatic carbocycles. The van der Waals surface area contributed by atoms with Crippen LogP contribution in [0.5, 0.6) is 0 Å². The fourth-order valence-electron chi connectivity index (χ4n) is 1.82. The van der Waals surface area contributed by atoms with Crippen LogP contribution in [0.1, 0.15) is 5.76 Å². The van der Waals surface area contributed by atoms with Crippen molar-refractivity contribution in [3.05, 3.63) is 17.9 Å². The van der Waals surface area contributed by atoms with Gasteiger partial charge in [0.15, 0.2) is 0 Å². The molecule has 0 unspecified atom stereocenters. The van der Waals surface area contributed by atoms with E-state index in [9.17, 15) is 8.42 Å². The van der Waals surface area contributed by atoms with Crippen molar-refractivity contribution in [2.24, 2.45) is 0 Å². The van der Waals surface area contributed by atoms with Gasteiger partial charge in [0.05, 0.1) is 13.2 Å². The Morgan fingerprint density at radius 3 is 2.68 bits per heavy atom. The summed E-state index contributed by atoms with van der Waals surface area (Å²) in [6.07, 6.45) is 0. The first-order valence-corrected chi connectivity index (χ1v) is 7.59. The number of aliphatic hydroxyl groups is 1. The Balaban J connectivity index is 1.83. The lowest BCUT2D eigenvalue weighted by molar-refractivity contribution is 0.0390. The van der Waals surface area contributed by atoms with E-state index in [0.29, 0.717) is 26.3 Å². The monoisotopic (exact) mass is 290 g/mol. The molecule has 0 saturated carbocycles. The Labute approximate surface area is 112 Å². The highest BCUT2D eigenvalue weighted by Crippen LogP contribution is 2.13. The summed E-state index contributed by atoms with van der Waals surface area (Å²) in [5.41, 5.74) is 0. The fraction of sp³-hybridized carbons (Fsp3) is 0.636. The Morgan fingerprint density at radius 1 is 1.32 bits per heavy atom. The van der Waals surface area contributed by atoms with Gasteiger partial charge in [-0.2, -0.15) is 0 Å². The van der Waals surface area contributed by atoms with Crippen LogP contribution in [-0.2, 0) is 21.4 Å². The summed E-state index contributed by atoms with van der Waals surface area (Å²) in [6.45, 7) is 3.64. The Kier molecular flexibility index (Phi) is 4.94. The first kappa shape index (κ1) is 14.5. The largest absolute Gasteiger partial charge is 0.446 e. The number of nitrogens with zero attached hydrogens (tertiary/aromatic N) is 1. The maximum absolute atomic E-state index is 11.9. The number of morpholine rings is 1. The maximum atomic E-state index is 11.9. The third kappa shape index (κ3) is 4.02. The van der Waals surface area contributed by atoms with Crippen LogP contribution in [0.2, 0.25) is 0 Å². The number of furan rings is 1. The summed E-state index contributed by atoms with van der Waals surface area (Å²) in [5, 5.41) is 8.67. The maximum Gasteiger partial charge on any atom is 0.274 e. The minimum absolute atomic E-state index is 0.168. The predicted octanol–water partition coefficient (Wildman–Crippen LogP) is -0.618. The molecular weight excluding hydrogens is 272 g/mol.